The number of rotatable bonds is 2. The van der Waals surface area contributed by atoms with Gasteiger partial charge in [-0.1, -0.05) is 0 Å². The molecule has 0 aromatic carbocycles. The molecule has 0 aromatic heterocycles. The Bertz CT molecular complexity index is 229. The van der Waals surface area contributed by atoms with Gasteiger partial charge in [-0.15, -0.1) is 0 Å². The third kappa shape index (κ3) is 2.68. The monoisotopic (exact) mass is 213 g/mol. The van der Waals surface area contributed by atoms with Crippen LogP contribution >= 0.6 is 0 Å². The van der Waals surface area contributed by atoms with Crippen LogP contribution in [0.1, 0.15) is 6.42 Å². The van der Waals surface area contributed by atoms with Gasteiger partial charge in [0.2, 0.25) is 0 Å². The zero-order valence-corrected chi connectivity index (χ0v) is 8.91. The van der Waals surface area contributed by atoms with E-state index < -0.39 is 5.97 Å². The van der Waals surface area contributed by atoms with Gasteiger partial charge in [-0.3, -0.25) is 9.69 Å². The van der Waals surface area contributed by atoms with Gasteiger partial charge in [-0.25, -0.2) is 0 Å². The molecule has 0 radical (unpaired) electrons. The van der Waals surface area contributed by atoms with Crippen molar-refractivity contribution in [3.8, 4) is 0 Å². The highest BCUT2D eigenvalue weighted by Gasteiger charge is 2.30. The molecule has 0 amide bonds. The molecule has 2 fully saturated rings. The standard InChI is InChI=1S/C10H19N3O2/c14-10(15)8-5-9(7-12-6-8)13-3-1-11-2-4-13/h8-9,11-12H,1-7H2,(H,14,15)/t8-,9+/m0/s1. The number of carboxylic acid groups (broad SMARTS) is 1. The van der Waals surface area contributed by atoms with E-state index >= 15 is 0 Å². The quantitative estimate of drug-likeness (QED) is 0.546. The minimum absolute atomic E-state index is 0.210. The van der Waals surface area contributed by atoms with E-state index in [1.54, 1.807) is 0 Å². The number of piperazine rings is 1. The Morgan fingerprint density at radius 1 is 1.20 bits per heavy atom. The van der Waals surface area contributed by atoms with E-state index in [0.29, 0.717) is 12.6 Å². The first kappa shape index (κ1) is 10.9. The Labute approximate surface area is 89.8 Å². The summed E-state index contributed by atoms with van der Waals surface area (Å²) in [4.78, 5) is 13.3. The highest BCUT2D eigenvalue weighted by Crippen LogP contribution is 2.16. The lowest BCUT2D eigenvalue weighted by Crippen LogP contribution is -2.55. The summed E-state index contributed by atoms with van der Waals surface area (Å²) in [6.45, 7) is 5.68. The fourth-order valence-corrected chi connectivity index (χ4v) is 2.43. The fraction of sp³-hybridized carbons (Fsp3) is 0.900. The van der Waals surface area contributed by atoms with Crippen LogP contribution in [0.15, 0.2) is 0 Å². The maximum atomic E-state index is 10.9. The van der Waals surface area contributed by atoms with Crippen LogP contribution in [0.5, 0.6) is 0 Å². The van der Waals surface area contributed by atoms with E-state index in [-0.39, 0.29) is 5.92 Å². The van der Waals surface area contributed by atoms with E-state index in [1.165, 1.54) is 0 Å². The van der Waals surface area contributed by atoms with Gasteiger partial charge in [-0.2, -0.15) is 0 Å². The van der Waals surface area contributed by atoms with Crippen molar-refractivity contribution in [3.05, 3.63) is 0 Å². The number of nitrogens with zero attached hydrogens (tertiary/aromatic N) is 1. The van der Waals surface area contributed by atoms with Crippen molar-refractivity contribution in [1.29, 1.82) is 0 Å². The van der Waals surface area contributed by atoms with Crippen molar-refractivity contribution >= 4 is 5.97 Å². The number of carboxylic acids is 1. The average molecular weight is 213 g/mol. The molecule has 0 bridgehead atoms. The molecule has 0 unspecified atom stereocenters. The van der Waals surface area contributed by atoms with Gasteiger partial charge in [0.15, 0.2) is 0 Å². The van der Waals surface area contributed by atoms with E-state index in [9.17, 15) is 4.79 Å². The molecule has 0 aromatic rings. The summed E-state index contributed by atoms with van der Waals surface area (Å²) in [6, 6.07) is 0.405. The molecule has 15 heavy (non-hydrogen) atoms. The average Bonchev–Trinajstić information content (AvgIpc) is 2.30. The predicted molar refractivity (Wildman–Crippen MR) is 56.8 cm³/mol. The molecule has 0 saturated carbocycles. The maximum Gasteiger partial charge on any atom is 0.307 e. The second-order valence-electron chi connectivity index (χ2n) is 4.37. The summed E-state index contributed by atoms with van der Waals surface area (Å²) in [7, 11) is 0. The summed E-state index contributed by atoms with van der Waals surface area (Å²) in [5.74, 6) is -0.874. The summed E-state index contributed by atoms with van der Waals surface area (Å²) < 4.78 is 0. The zero-order chi connectivity index (χ0) is 10.7. The fourth-order valence-electron chi connectivity index (χ4n) is 2.43. The molecule has 3 N–H and O–H groups in total. The Hall–Kier alpha value is -0.650. The van der Waals surface area contributed by atoms with E-state index in [0.717, 1.165) is 39.1 Å². The first-order valence-corrected chi connectivity index (χ1v) is 5.65. The van der Waals surface area contributed by atoms with E-state index in [2.05, 4.69) is 15.5 Å². The molecule has 5 heteroatoms. The lowest BCUT2D eigenvalue weighted by Gasteiger charge is -2.38. The third-order valence-corrected chi connectivity index (χ3v) is 3.34. The Morgan fingerprint density at radius 2 is 1.93 bits per heavy atom. The third-order valence-electron chi connectivity index (χ3n) is 3.34. The Kier molecular flexibility index (Phi) is 3.56. The van der Waals surface area contributed by atoms with Crippen LogP contribution in [0, 0.1) is 5.92 Å². The van der Waals surface area contributed by atoms with Crippen LogP contribution in [-0.4, -0.2) is 61.3 Å². The van der Waals surface area contributed by atoms with Crippen LogP contribution in [-0.2, 0) is 4.79 Å². The normalized spacial score (nSPS) is 33.9. The SMILES string of the molecule is O=C(O)[C@@H]1CNC[C@H](N2CCNCC2)C1. The summed E-state index contributed by atoms with van der Waals surface area (Å²) in [6.07, 6.45) is 0.794. The Balaban J connectivity index is 1.88. The Morgan fingerprint density at radius 3 is 2.60 bits per heavy atom. The number of aliphatic carboxylic acids is 1. The van der Waals surface area contributed by atoms with Crippen molar-refractivity contribution in [2.24, 2.45) is 5.92 Å². The van der Waals surface area contributed by atoms with E-state index in [4.69, 9.17) is 5.11 Å². The van der Waals surface area contributed by atoms with Gasteiger partial charge in [0.1, 0.15) is 0 Å². The van der Waals surface area contributed by atoms with Gasteiger partial charge >= 0.3 is 5.97 Å². The van der Waals surface area contributed by atoms with Crippen LogP contribution in [0.25, 0.3) is 0 Å². The molecule has 2 aliphatic heterocycles. The summed E-state index contributed by atoms with van der Waals surface area (Å²) in [5, 5.41) is 15.5. The van der Waals surface area contributed by atoms with Crippen molar-refractivity contribution in [1.82, 2.24) is 15.5 Å². The van der Waals surface area contributed by atoms with Crippen LogP contribution in [0.4, 0.5) is 0 Å². The molecule has 2 atom stereocenters. The number of piperidine rings is 1. The zero-order valence-electron chi connectivity index (χ0n) is 8.91. The predicted octanol–water partition coefficient (Wildman–Crippen LogP) is -1.05. The molecule has 2 aliphatic rings. The van der Waals surface area contributed by atoms with Crippen molar-refractivity contribution in [2.75, 3.05) is 39.3 Å². The number of hydrogen-bond donors (Lipinski definition) is 3. The second kappa shape index (κ2) is 4.92. The molecule has 5 nitrogen and oxygen atoms in total. The van der Waals surface area contributed by atoms with Gasteiger partial charge in [0.05, 0.1) is 5.92 Å². The lowest BCUT2D eigenvalue weighted by molar-refractivity contribution is -0.143. The first-order valence-electron chi connectivity index (χ1n) is 5.65. The number of hydrogen-bond acceptors (Lipinski definition) is 4. The van der Waals surface area contributed by atoms with Gasteiger partial charge in [0, 0.05) is 45.3 Å². The molecule has 2 rings (SSSR count). The number of carbonyl (C=O) groups is 1. The van der Waals surface area contributed by atoms with Crippen molar-refractivity contribution in [3.63, 3.8) is 0 Å². The van der Waals surface area contributed by atoms with Gasteiger partial charge < -0.3 is 15.7 Å². The molecule has 2 saturated heterocycles. The summed E-state index contributed by atoms with van der Waals surface area (Å²) in [5.41, 5.74) is 0. The molecule has 2 heterocycles. The topological polar surface area (TPSA) is 64.6 Å². The van der Waals surface area contributed by atoms with Crippen molar-refractivity contribution < 1.29 is 9.90 Å². The maximum absolute atomic E-state index is 10.9. The van der Waals surface area contributed by atoms with Crippen LogP contribution in [0.2, 0.25) is 0 Å². The largest absolute Gasteiger partial charge is 0.481 e. The van der Waals surface area contributed by atoms with Crippen LogP contribution < -0.4 is 10.6 Å². The highest BCUT2D eigenvalue weighted by molar-refractivity contribution is 5.70. The first-order chi connectivity index (χ1) is 7.27. The van der Waals surface area contributed by atoms with Crippen LogP contribution in [0.3, 0.4) is 0 Å². The molecular weight excluding hydrogens is 194 g/mol. The molecule has 0 spiro atoms. The smallest absolute Gasteiger partial charge is 0.307 e. The van der Waals surface area contributed by atoms with Gasteiger partial charge in [0.25, 0.3) is 0 Å². The highest BCUT2D eigenvalue weighted by atomic mass is 16.4. The summed E-state index contributed by atoms with van der Waals surface area (Å²) >= 11 is 0. The molecule has 0 aliphatic carbocycles. The molecule has 86 valence electrons. The van der Waals surface area contributed by atoms with Gasteiger partial charge in [-0.05, 0) is 6.42 Å². The van der Waals surface area contributed by atoms with E-state index in [1.807, 2.05) is 0 Å². The van der Waals surface area contributed by atoms with Crippen molar-refractivity contribution in [2.45, 2.75) is 12.5 Å². The minimum Gasteiger partial charge on any atom is -0.481 e. The lowest BCUT2D eigenvalue weighted by atomic mass is 9.94. The minimum atomic E-state index is -0.665. The molecular formula is C10H19N3O2. The second-order valence-corrected chi connectivity index (χ2v) is 4.37. The number of nitrogens with one attached hydrogen (secondary N) is 2.